The summed E-state index contributed by atoms with van der Waals surface area (Å²) in [7, 11) is 1.66. The van der Waals surface area contributed by atoms with Crippen molar-refractivity contribution in [3.05, 3.63) is 12.2 Å². The largest absolute Gasteiger partial charge is 0.382 e. The van der Waals surface area contributed by atoms with Crippen molar-refractivity contribution in [2.75, 3.05) is 26.9 Å². The zero-order valence-corrected chi connectivity index (χ0v) is 10.6. The standard InChI is InChI=1S/C11H22N4O2/c1-3-15-11(13-9-14-15)8-10(12)4-5-17-7-6-16-2/h9-10H,3-8,12H2,1-2H3. The highest BCUT2D eigenvalue weighted by Crippen LogP contribution is 2.01. The van der Waals surface area contributed by atoms with E-state index in [0.29, 0.717) is 19.8 Å². The highest BCUT2D eigenvalue weighted by Gasteiger charge is 2.09. The molecule has 1 rings (SSSR count). The van der Waals surface area contributed by atoms with Crippen LogP contribution in [0.4, 0.5) is 0 Å². The number of hydrogen-bond acceptors (Lipinski definition) is 5. The van der Waals surface area contributed by atoms with E-state index in [0.717, 1.165) is 25.2 Å². The minimum atomic E-state index is 0.0621. The fraction of sp³-hybridized carbons (Fsp3) is 0.818. The smallest absolute Gasteiger partial charge is 0.138 e. The monoisotopic (exact) mass is 242 g/mol. The lowest BCUT2D eigenvalue weighted by atomic mass is 10.1. The van der Waals surface area contributed by atoms with Gasteiger partial charge in [-0.25, -0.2) is 4.98 Å². The minimum absolute atomic E-state index is 0.0621. The van der Waals surface area contributed by atoms with Crippen LogP contribution in [0.5, 0.6) is 0 Å². The maximum Gasteiger partial charge on any atom is 0.138 e. The molecule has 0 spiro atoms. The molecule has 1 aromatic heterocycles. The summed E-state index contributed by atoms with van der Waals surface area (Å²) in [5, 5.41) is 4.11. The van der Waals surface area contributed by atoms with Crippen LogP contribution < -0.4 is 5.73 Å². The van der Waals surface area contributed by atoms with Crippen LogP contribution in [0, 0.1) is 0 Å². The first-order chi connectivity index (χ1) is 8.27. The van der Waals surface area contributed by atoms with Gasteiger partial charge in [0.15, 0.2) is 0 Å². The maximum atomic E-state index is 6.01. The maximum absolute atomic E-state index is 6.01. The lowest BCUT2D eigenvalue weighted by Crippen LogP contribution is -2.26. The lowest BCUT2D eigenvalue weighted by Gasteiger charge is -2.11. The number of nitrogens with two attached hydrogens (primary N) is 1. The van der Waals surface area contributed by atoms with E-state index in [-0.39, 0.29) is 6.04 Å². The molecule has 0 saturated heterocycles. The van der Waals surface area contributed by atoms with Gasteiger partial charge >= 0.3 is 0 Å². The van der Waals surface area contributed by atoms with E-state index >= 15 is 0 Å². The molecule has 2 N–H and O–H groups in total. The van der Waals surface area contributed by atoms with E-state index in [2.05, 4.69) is 10.1 Å². The zero-order chi connectivity index (χ0) is 12.5. The van der Waals surface area contributed by atoms with Gasteiger partial charge in [0.05, 0.1) is 13.2 Å². The molecule has 0 aromatic carbocycles. The molecule has 0 saturated carbocycles. The summed E-state index contributed by atoms with van der Waals surface area (Å²) in [6, 6.07) is 0.0621. The van der Waals surface area contributed by atoms with Gasteiger partial charge in [0.25, 0.3) is 0 Å². The SMILES string of the molecule is CCn1ncnc1CC(N)CCOCCOC. The van der Waals surface area contributed by atoms with Gasteiger partial charge in [-0.05, 0) is 13.3 Å². The van der Waals surface area contributed by atoms with Gasteiger partial charge in [-0.2, -0.15) is 5.10 Å². The van der Waals surface area contributed by atoms with Gasteiger partial charge in [-0.15, -0.1) is 0 Å². The second kappa shape index (κ2) is 8.16. The van der Waals surface area contributed by atoms with E-state index < -0.39 is 0 Å². The molecule has 17 heavy (non-hydrogen) atoms. The number of nitrogens with zero attached hydrogens (tertiary/aromatic N) is 3. The second-order valence-corrected chi connectivity index (χ2v) is 3.85. The van der Waals surface area contributed by atoms with E-state index in [9.17, 15) is 0 Å². The third-order valence-electron chi connectivity index (χ3n) is 2.50. The molecule has 0 aliphatic carbocycles. The molecular weight excluding hydrogens is 220 g/mol. The summed E-state index contributed by atoms with van der Waals surface area (Å²) >= 11 is 0. The summed E-state index contributed by atoms with van der Waals surface area (Å²) in [6.45, 7) is 4.77. The Hall–Kier alpha value is -0.980. The highest BCUT2D eigenvalue weighted by atomic mass is 16.5. The molecule has 0 bridgehead atoms. The number of methoxy groups -OCH3 is 1. The Morgan fingerprint density at radius 2 is 2.24 bits per heavy atom. The molecule has 0 fully saturated rings. The fourth-order valence-electron chi connectivity index (χ4n) is 1.53. The van der Waals surface area contributed by atoms with Crippen LogP contribution in [0.15, 0.2) is 6.33 Å². The molecule has 6 heteroatoms. The zero-order valence-electron chi connectivity index (χ0n) is 10.6. The van der Waals surface area contributed by atoms with Crippen molar-refractivity contribution in [2.24, 2.45) is 5.73 Å². The minimum Gasteiger partial charge on any atom is -0.382 e. The number of rotatable bonds is 9. The Morgan fingerprint density at radius 1 is 1.41 bits per heavy atom. The number of aryl methyl sites for hydroxylation is 1. The first kappa shape index (κ1) is 14.1. The van der Waals surface area contributed by atoms with Crippen LogP contribution in [0.3, 0.4) is 0 Å². The molecule has 1 aromatic rings. The third-order valence-corrected chi connectivity index (χ3v) is 2.50. The Balaban J connectivity index is 2.18. The van der Waals surface area contributed by atoms with E-state index in [1.54, 1.807) is 13.4 Å². The molecule has 1 unspecified atom stereocenters. The van der Waals surface area contributed by atoms with Gasteiger partial charge in [-0.1, -0.05) is 0 Å². The molecule has 1 atom stereocenters. The molecule has 0 aliphatic heterocycles. The Bertz CT molecular complexity index is 303. The third kappa shape index (κ3) is 5.25. The molecule has 98 valence electrons. The normalized spacial score (nSPS) is 12.9. The second-order valence-electron chi connectivity index (χ2n) is 3.85. The van der Waals surface area contributed by atoms with Crippen LogP contribution in [0.25, 0.3) is 0 Å². The van der Waals surface area contributed by atoms with Crippen molar-refractivity contribution in [3.8, 4) is 0 Å². The molecule has 6 nitrogen and oxygen atoms in total. The van der Waals surface area contributed by atoms with Gasteiger partial charge < -0.3 is 15.2 Å². The molecule has 0 aliphatic rings. The van der Waals surface area contributed by atoms with Crippen LogP contribution >= 0.6 is 0 Å². The first-order valence-corrected chi connectivity index (χ1v) is 5.96. The first-order valence-electron chi connectivity index (χ1n) is 5.96. The molecule has 0 radical (unpaired) electrons. The predicted octanol–water partition coefficient (Wildman–Crippen LogP) is 0.221. The van der Waals surface area contributed by atoms with Crippen LogP contribution in [-0.4, -0.2) is 47.7 Å². The molecule has 0 amide bonds. The average molecular weight is 242 g/mol. The van der Waals surface area contributed by atoms with Crippen molar-refractivity contribution >= 4 is 0 Å². The number of hydrogen-bond donors (Lipinski definition) is 1. The van der Waals surface area contributed by atoms with Crippen LogP contribution in [-0.2, 0) is 22.4 Å². The van der Waals surface area contributed by atoms with E-state index in [1.165, 1.54) is 0 Å². The summed E-state index contributed by atoms with van der Waals surface area (Å²) in [5.74, 6) is 0.942. The summed E-state index contributed by atoms with van der Waals surface area (Å²) in [4.78, 5) is 4.20. The highest BCUT2D eigenvalue weighted by molar-refractivity contribution is 4.88. The topological polar surface area (TPSA) is 75.2 Å². The van der Waals surface area contributed by atoms with Crippen molar-refractivity contribution < 1.29 is 9.47 Å². The summed E-state index contributed by atoms with van der Waals surface area (Å²) in [5.41, 5.74) is 6.01. The van der Waals surface area contributed by atoms with Crippen molar-refractivity contribution in [1.29, 1.82) is 0 Å². The lowest BCUT2D eigenvalue weighted by molar-refractivity contribution is 0.0671. The van der Waals surface area contributed by atoms with Gasteiger partial charge in [0, 0.05) is 32.7 Å². The van der Waals surface area contributed by atoms with Gasteiger partial charge in [0.2, 0.25) is 0 Å². The van der Waals surface area contributed by atoms with E-state index in [4.69, 9.17) is 15.2 Å². The quantitative estimate of drug-likeness (QED) is 0.627. The average Bonchev–Trinajstić information content (AvgIpc) is 2.76. The van der Waals surface area contributed by atoms with Crippen molar-refractivity contribution in [3.63, 3.8) is 0 Å². The number of ether oxygens (including phenoxy) is 2. The summed E-state index contributed by atoms with van der Waals surface area (Å²) < 4.78 is 12.1. The van der Waals surface area contributed by atoms with Crippen molar-refractivity contribution in [1.82, 2.24) is 14.8 Å². The van der Waals surface area contributed by atoms with Crippen LogP contribution in [0.1, 0.15) is 19.2 Å². The molecular formula is C11H22N4O2. The Kier molecular flexibility index (Phi) is 6.76. The Labute approximate surface area is 102 Å². The molecule has 1 heterocycles. The fourth-order valence-corrected chi connectivity index (χ4v) is 1.53. The Morgan fingerprint density at radius 3 is 2.94 bits per heavy atom. The van der Waals surface area contributed by atoms with Crippen LogP contribution in [0.2, 0.25) is 0 Å². The van der Waals surface area contributed by atoms with Gasteiger partial charge in [0.1, 0.15) is 12.2 Å². The number of aromatic nitrogens is 3. The predicted molar refractivity (Wildman–Crippen MR) is 64.7 cm³/mol. The van der Waals surface area contributed by atoms with Gasteiger partial charge in [-0.3, -0.25) is 4.68 Å². The summed E-state index contributed by atoms with van der Waals surface area (Å²) in [6.07, 6.45) is 3.13. The van der Waals surface area contributed by atoms with E-state index in [1.807, 2.05) is 11.6 Å². The van der Waals surface area contributed by atoms with Crippen molar-refractivity contribution in [2.45, 2.75) is 32.4 Å².